The van der Waals surface area contributed by atoms with E-state index in [1.54, 1.807) is 6.92 Å². The summed E-state index contributed by atoms with van der Waals surface area (Å²) in [5, 5.41) is 33.7. The maximum atomic E-state index is 11.4. The van der Waals surface area contributed by atoms with Crippen LogP contribution in [0, 0.1) is 4.91 Å². The van der Waals surface area contributed by atoms with E-state index < -0.39 is 43.1 Å². The molecule has 9 heteroatoms. The van der Waals surface area contributed by atoms with E-state index in [9.17, 15) is 19.9 Å². The molecule has 0 aliphatic carbocycles. The molecule has 2 unspecified atom stereocenters. The smallest absolute Gasteiger partial charge is 0.340 e. The molecule has 1 aliphatic heterocycles. The van der Waals surface area contributed by atoms with E-state index in [-0.39, 0.29) is 0 Å². The number of hydrogen-bond acceptors (Lipinski definition) is 7. The van der Waals surface area contributed by atoms with Crippen LogP contribution < -0.4 is 5.32 Å². The lowest BCUT2D eigenvalue weighted by Gasteiger charge is -2.41. The molecule has 0 bridgehead atoms. The predicted molar refractivity (Wildman–Crippen MR) is 59.3 cm³/mol. The van der Waals surface area contributed by atoms with Crippen LogP contribution in [0.5, 0.6) is 0 Å². The Morgan fingerprint density at radius 2 is 2.06 bits per heavy atom. The number of urea groups is 1. The van der Waals surface area contributed by atoms with Gasteiger partial charge in [-0.2, -0.15) is 5.01 Å². The molecule has 2 amide bonds. The largest absolute Gasteiger partial charge is 0.394 e. The first kappa shape index (κ1) is 14.8. The maximum absolute atomic E-state index is 11.4. The number of amides is 2. The first-order chi connectivity index (χ1) is 8.42. The second kappa shape index (κ2) is 6.05. The van der Waals surface area contributed by atoms with Crippen molar-refractivity contribution in [1.29, 1.82) is 0 Å². The van der Waals surface area contributed by atoms with Crippen molar-refractivity contribution in [2.75, 3.05) is 13.7 Å². The third-order valence-electron chi connectivity index (χ3n) is 2.88. The Labute approximate surface area is 103 Å². The molecular formula is C9H17N3O6. The van der Waals surface area contributed by atoms with Gasteiger partial charge in [0, 0.05) is 7.05 Å². The molecule has 1 aliphatic rings. The summed E-state index contributed by atoms with van der Waals surface area (Å²) >= 11 is 0. The van der Waals surface area contributed by atoms with Crippen LogP contribution in [-0.4, -0.2) is 70.5 Å². The molecule has 5 atom stereocenters. The summed E-state index contributed by atoms with van der Waals surface area (Å²) in [6.07, 6.45) is -4.18. The van der Waals surface area contributed by atoms with Gasteiger partial charge in [0.2, 0.25) is 0 Å². The summed E-state index contributed by atoms with van der Waals surface area (Å²) in [5.74, 6) is 0. The van der Waals surface area contributed by atoms with Gasteiger partial charge in [-0.3, -0.25) is 0 Å². The van der Waals surface area contributed by atoms with Gasteiger partial charge in [-0.1, -0.05) is 0 Å². The number of carbonyl (C=O) groups is 1. The zero-order chi connectivity index (χ0) is 13.9. The van der Waals surface area contributed by atoms with Gasteiger partial charge in [-0.25, -0.2) is 4.79 Å². The van der Waals surface area contributed by atoms with Crippen molar-refractivity contribution in [3.05, 3.63) is 4.91 Å². The van der Waals surface area contributed by atoms with Crippen molar-refractivity contribution < 1.29 is 24.9 Å². The quantitative estimate of drug-likeness (QED) is 0.350. The molecule has 0 radical (unpaired) electrons. The van der Waals surface area contributed by atoms with Crippen LogP contribution in [-0.2, 0) is 4.74 Å². The van der Waals surface area contributed by atoms with Crippen LogP contribution in [0.1, 0.15) is 6.92 Å². The Bertz CT molecular complexity index is 315. The number of nitroso groups, excluding NO2 is 1. The van der Waals surface area contributed by atoms with E-state index in [1.165, 1.54) is 0 Å². The minimum Gasteiger partial charge on any atom is -0.394 e. The van der Waals surface area contributed by atoms with E-state index in [2.05, 4.69) is 10.6 Å². The average molecular weight is 263 g/mol. The number of hydrogen-bond donors (Lipinski definition) is 4. The van der Waals surface area contributed by atoms with Crippen LogP contribution >= 0.6 is 0 Å². The molecule has 1 rings (SSSR count). The lowest BCUT2D eigenvalue weighted by molar-refractivity contribution is -0.187. The molecule has 4 N–H and O–H groups in total. The highest BCUT2D eigenvalue weighted by atomic mass is 16.5. The molecule has 104 valence electrons. The van der Waals surface area contributed by atoms with E-state index in [0.29, 0.717) is 5.01 Å². The number of nitrogens with one attached hydrogen (secondary N) is 1. The van der Waals surface area contributed by atoms with Gasteiger partial charge in [-0.15, -0.1) is 4.91 Å². The Morgan fingerprint density at radius 3 is 2.56 bits per heavy atom. The fraction of sp³-hybridized carbons (Fsp3) is 0.889. The van der Waals surface area contributed by atoms with Crippen LogP contribution in [0.2, 0.25) is 0 Å². The predicted octanol–water partition coefficient (Wildman–Crippen LogP) is -1.82. The normalized spacial score (nSPS) is 35.9. The van der Waals surface area contributed by atoms with Crippen LogP contribution in [0.15, 0.2) is 5.29 Å². The molecule has 1 saturated heterocycles. The zero-order valence-electron chi connectivity index (χ0n) is 10.1. The van der Waals surface area contributed by atoms with Gasteiger partial charge in [0.05, 0.1) is 24.0 Å². The molecule has 9 nitrogen and oxygen atoms in total. The molecule has 1 heterocycles. The van der Waals surface area contributed by atoms with E-state index >= 15 is 0 Å². The van der Waals surface area contributed by atoms with Gasteiger partial charge in [-0.05, 0) is 6.92 Å². The second-order valence-electron chi connectivity index (χ2n) is 4.12. The van der Waals surface area contributed by atoms with Crippen molar-refractivity contribution in [2.24, 2.45) is 5.29 Å². The van der Waals surface area contributed by atoms with Crippen molar-refractivity contribution in [2.45, 2.75) is 37.4 Å². The highest BCUT2D eigenvalue weighted by Crippen LogP contribution is 2.20. The molecule has 0 aromatic carbocycles. The van der Waals surface area contributed by atoms with Crippen molar-refractivity contribution in [1.82, 2.24) is 10.3 Å². The average Bonchev–Trinajstić information content (AvgIpc) is 2.37. The third kappa shape index (κ3) is 2.93. The standard InChI is InChI=1S/C9H17N3O6/c1-4-6(10-9(16)12(2)11-17)8(15)7(14)5(3-13)18-4/h4-8,13-15H,3H2,1-2H3,(H,10,16)/t4-,5?,6+,7+,8?/m0/s1. The zero-order valence-corrected chi connectivity index (χ0v) is 10.1. The summed E-state index contributed by atoms with van der Waals surface area (Å²) in [6.45, 7) is 1.12. The number of aliphatic hydroxyl groups excluding tert-OH is 3. The van der Waals surface area contributed by atoms with Gasteiger partial charge < -0.3 is 25.4 Å². The Balaban J connectivity index is 2.71. The van der Waals surface area contributed by atoms with Gasteiger partial charge in [0.1, 0.15) is 18.3 Å². The number of aliphatic hydroxyl groups is 3. The Morgan fingerprint density at radius 1 is 1.44 bits per heavy atom. The Hall–Kier alpha value is -1.29. The van der Waals surface area contributed by atoms with Gasteiger partial charge in [0.15, 0.2) is 0 Å². The van der Waals surface area contributed by atoms with E-state index in [1.807, 2.05) is 0 Å². The minimum absolute atomic E-state index is 0.445. The fourth-order valence-corrected chi connectivity index (χ4v) is 1.78. The van der Waals surface area contributed by atoms with Crippen molar-refractivity contribution in [3.63, 3.8) is 0 Å². The Kier molecular flexibility index (Phi) is 4.96. The summed E-state index contributed by atoms with van der Waals surface area (Å²) in [6, 6.07) is -1.72. The number of ether oxygens (including phenoxy) is 1. The van der Waals surface area contributed by atoms with Crippen molar-refractivity contribution in [3.8, 4) is 0 Å². The van der Waals surface area contributed by atoms with Crippen LogP contribution in [0.3, 0.4) is 0 Å². The maximum Gasteiger partial charge on any atom is 0.340 e. The number of rotatable bonds is 3. The molecule has 0 aromatic heterocycles. The summed E-state index contributed by atoms with van der Waals surface area (Å²) in [7, 11) is 1.15. The summed E-state index contributed by atoms with van der Waals surface area (Å²) in [5.41, 5.74) is 0. The van der Waals surface area contributed by atoms with Crippen molar-refractivity contribution >= 4 is 6.03 Å². The van der Waals surface area contributed by atoms with Crippen LogP contribution in [0.25, 0.3) is 0 Å². The minimum atomic E-state index is -1.33. The number of nitrogens with zero attached hydrogens (tertiary/aromatic N) is 2. The molecule has 18 heavy (non-hydrogen) atoms. The number of carbonyl (C=O) groups excluding carboxylic acids is 1. The second-order valence-corrected chi connectivity index (χ2v) is 4.12. The topological polar surface area (TPSA) is 132 Å². The monoisotopic (exact) mass is 263 g/mol. The third-order valence-corrected chi connectivity index (χ3v) is 2.88. The molecule has 0 spiro atoms. The lowest BCUT2D eigenvalue weighted by Crippen LogP contribution is -2.64. The SMILES string of the molecule is C[C@@H]1OC(CO)[C@@H](O)C(O)[C@@H]1NC(=O)N(C)N=O. The summed E-state index contributed by atoms with van der Waals surface area (Å²) in [4.78, 5) is 21.6. The molecular weight excluding hydrogens is 246 g/mol. The fourth-order valence-electron chi connectivity index (χ4n) is 1.78. The lowest BCUT2D eigenvalue weighted by atomic mass is 9.94. The first-order valence-electron chi connectivity index (χ1n) is 5.42. The molecule has 0 aromatic rings. The van der Waals surface area contributed by atoms with Gasteiger partial charge >= 0.3 is 6.03 Å². The van der Waals surface area contributed by atoms with Gasteiger partial charge in [0.25, 0.3) is 0 Å². The summed E-state index contributed by atoms with van der Waals surface area (Å²) < 4.78 is 5.24. The van der Waals surface area contributed by atoms with Crippen LogP contribution in [0.4, 0.5) is 4.79 Å². The molecule has 0 saturated carbocycles. The van der Waals surface area contributed by atoms with E-state index in [0.717, 1.165) is 7.05 Å². The highest BCUT2D eigenvalue weighted by Gasteiger charge is 2.43. The first-order valence-corrected chi connectivity index (χ1v) is 5.42. The highest BCUT2D eigenvalue weighted by molar-refractivity contribution is 5.73. The molecule has 1 fully saturated rings. The van der Waals surface area contributed by atoms with E-state index in [4.69, 9.17) is 9.84 Å².